The van der Waals surface area contributed by atoms with E-state index < -0.39 is 0 Å². The number of guanidine groups is 1. The molecule has 0 fully saturated rings. The third-order valence-electron chi connectivity index (χ3n) is 3.07. The van der Waals surface area contributed by atoms with Gasteiger partial charge in [-0.25, -0.2) is 0 Å². The van der Waals surface area contributed by atoms with E-state index in [2.05, 4.69) is 39.5 Å². The first-order valence-electron chi connectivity index (χ1n) is 6.77. The van der Waals surface area contributed by atoms with Crippen LogP contribution in [0.4, 0.5) is 0 Å². The Labute approximate surface area is 120 Å². The fraction of sp³-hybridized carbons (Fsp3) is 0.312. The van der Waals surface area contributed by atoms with Gasteiger partial charge in [-0.15, -0.1) is 0 Å². The molecule has 0 aliphatic rings. The Hall–Kier alpha value is -2.23. The third-order valence-corrected chi connectivity index (χ3v) is 3.07. The largest absolute Gasteiger partial charge is 0.469 e. The van der Waals surface area contributed by atoms with Gasteiger partial charge in [0.25, 0.3) is 0 Å². The topological polar surface area (TPSA) is 40.8 Å². The third kappa shape index (κ3) is 4.16. The van der Waals surface area contributed by atoms with Crippen molar-refractivity contribution in [3.05, 3.63) is 60.1 Å². The van der Waals surface area contributed by atoms with Crippen molar-refractivity contribution in [1.82, 2.24) is 10.2 Å². The highest BCUT2D eigenvalue weighted by Crippen LogP contribution is 2.03. The maximum absolute atomic E-state index is 5.31. The van der Waals surface area contributed by atoms with Crippen LogP contribution in [0.3, 0.4) is 0 Å². The van der Waals surface area contributed by atoms with Crippen LogP contribution in [0.15, 0.2) is 58.1 Å². The van der Waals surface area contributed by atoms with Gasteiger partial charge in [0.1, 0.15) is 5.76 Å². The van der Waals surface area contributed by atoms with E-state index in [1.54, 1.807) is 13.3 Å². The van der Waals surface area contributed by atoms with Crippen LogP contribution in [-0.2, 0) is 13.0 Å². The fourth-order valence-corrected chi connectivity index (χ4v) is 2.07. The van der Waals surface area contributed by atoms with Crippen molar-refractivity contribution in [3.63, 3.8) is 0 Å². The molecule has 1 aromatic carbocycles. The lowest BCUT2D eigenvalue weighted by Crippen LogP contribution is -2.39. The molecule has 0 bridgehead atoms. The summed E-state index contributed by atoms with van der Waals surface area (Å²) in [7, 11) is 3.84. The average Bonchev–Trinajstić information content (AvgIpc) is 2.98. The van der Waals surface area contributed by atoms with Crippen LogP contribution in [0.25, 0.3) is 0 Å². The molecule has 0 saturated carbocycles. The van der Waals surface area contributed by atoms with Crippen LogP contribution in [0.5, 0.6) is 0 Å². The lowest BCUT2D eigenvalue weighted by molar-refractivity contribution is 0.470. The van der Waals surface area contributed by atoms with Crippen molar-refractivity contribution in [2.24, 2.45) is 4.99 Å². The number of aliphatic imine (C=N–C) groups is 1. The Morgan fingerprint density at radius 2 is 2.00 bits per heavy atom. The molecule has 0 unspecified atom stereocenters. The molecule has 106 valence electrons. The molecule has 0 saturated heterocycles. The van der Waals surface area contributed by atoms with Crippen molar-refractivity contribution < 1.29 is 4.42 Å². The molecule has 20 heavy (non-hydrogen) atoms. The molecular weight excluding hydrogens is 250 g/mol. The van der Waals surface area contributed by atoms with Gasteiger partial charge in [-0.3, -0.25) is 4.99 Å². The van der Waals surface area contributed by atoms with Crippen molar-refractivity contribution >= 4 is 5.96 Å². The summed E-state index contributed by atoms with van der Waals surface area (Å²) in [6, 6.07) is 14.3. The van der Waals surface area contributed by atoms with Gasteiger partial charge in [0.15, 0.2) is 5.96 Å². The number of nitrogens with zero attached hydrogens (tertiary/aromatic N) is 2. The maximum Gasteiger partial charge on any atom is 0.193 e. The predicted molar refractivity (Wildman–Crippen MR) is 81.7 cm³/mol. The smallest absolute Gasteiger partial charge is 0.193 e. The van der Waals surface area contributed by atoms with Crippen LogP contribution in [0.1, 0.15) is 11.3 Å². The Morgan fingerprint density at radius 3 is 2.65 bits per heavy atom. The minimum atomic E-state index is 0.805. The summed E-state index contributed by atoms with van der Waals surface area (Å²) < 4.78 is 5.31. The van der Waals surface area contributed by atoms with E-state index in [0.717, 1.165) is 31.2 Å². The number of rotatable bonds is 5. The Bertz CT molecular complexity index is 520. The zero-order valence-corrected chi connectivity index (χ0v) is 12.0. The first-order chi connectivity index (χ1) is 9.79. The summed E-state index contributed by atoms with van der Waals surface area (Å²) >= 11 is 0. The van der Waals surface area contributed by atoms with Gasteiger partial charge in [0.2, 0.25) is 0 Å². The highest BCUT2D eigenvalue weighted by Gasteiger charge is 2.06. The summed E-state index contributed by atoms with van der Waals surface area (Å²) in [5.74, 6) is 1.87. The van der Waals surface area contributed by atoms with E-state index in [-0.39, 0.29) is 0 Å². The van der Waals surface area contributed by atoms with Crippen molar-refractivity contribution in [3.8, 4) is 0 Å². The normalized spacial score (nSPS) is 11.4. The van der Waals surface area contributed by atoms with Crippen LogP contribution >= 0.6 is 0 Å². The molecule has 0 radical (unpaired) electrons. The highest BCUT2D eigenvalue weighted by atomic mass is 16.3. The zero-order valence-electron chi connectivity index (χ0n) is 12.0. The van der Waals surface area contributed by atoms with Crippen LogP contribution in [-0.4, -0.2) is 31.5 Å². The number of hydrogen-bond donors (Lipinski definition) is 1. The van der Waals surface area contributed by atoms with Crippen LogP contribution in [0.2, 0.25) is 0 Å². The summed E-state index contributed by atoms with van der Waals surface area (Å²) in [6.45, 7) is 1.64. The van der Waals surface area contributed by atoms with E-state index in [0.29, 0.717) is 0 Å². The fourth-order valence-electron chi connectivity index (χ4n) is 2.07. The minimum absolute atomic E-state index is 0.805. The first kappa shape index (κ1) is 14.2. The molecule has 0 aliphatic heterocycles. The SMILES string of the molecule is CN=C(NCCc1ccco1)N(C)Cc1ccccc1. The number of nitrogens with one attached hydrogen (secondary N) is 1. The van der Waals surface area contributed by atoms with Crippen molar-refractivity contribution in [1.29, 1.82) is 0 Å². The summed E-state index contributed by atoms with van der Waals surface area (Å²) in [4.78, 5) is 6.41. The molecule has 2 rings (SSSR count). The maximum atomic E-state index is 5.31. The lowest BCUT2D eigenvalue weighted by atomic mass is 10.2. The van der Waals surface area contributed by atoms with E-state index in [9.17, 15) is 0 Å². The van der Waals surface area contributed by atoms with Gasteiger partial charge in [0, 0.05) is 33.6 Å². The monoisotopic (exact) mass is 271 g/mol. The number of benzene rings is 1. The van der Waals surface area contributed by atoms with Gasteiger partial charge in [-0.2, -0.15) is 0 Å². The van der Waals surface area contributed by atoms with Gasteiger partial charge >= 0.3 is 0 Å². The Morgan fingerprint density at radius 1 is 1.20 bits per heavy atom. The van der Waals surface area contributed by atoms with E-state index in [1.165, 1.54) is 5.56 Å². The molecule has 1 N–H and O–H groups in total. The van der Waals surface area contributed by atoms with Gasteiger partial charge in [-0.05, 0) is 17.7 Å². The van der Waals surface area contributed by atoms with Crippen molar-refractivity contribution in [2.45, 2.75) is 13.0 Å². The van der Waals surface area contributed by atoms with E-state index in [1.807, 2.05) is 25.2 Å². The number of furan rings is 1. The van der Waals surface area contributed by atoms with Gasteiger partial charge in [-0.1, -0.05) is 30.3 Å². The molecule has 1 aromatic heterocycles. The molecule has 0 spiro atoms. The number of hydrogen-bond acceptors (Lipinski definition) is 2. The summed E-state index contributed by atoms with van der Waals surface area (Å²) in [6.07, 6.45) is 2.55. The zero-order chi connectivity index (χ0) is 14.2. The summed E-state index contributed by atoms with van der Waals surface area (Å²) in [5, 5.41) is 3.34. The standard InChI is InChI=1S/C16H21N3O/c1-17-16(18-11-10-15-9-6-12-20-15)19(2)13-14-7-4-3-5-8-14/h3-9,12H,10-11,13H2,1-2H3,(H,17,18). The molecule has 0 atom stereocenters. The molecule has 0 amide bonds. The molecule has 4 nitrogen and oxygen atoms in total. The van der Waals surface area contributed by atoms with Gasteiger partial charge in [0.05, 0.1) is 6.26 Å². The molecule has 0 aliphatic carbocycles. The first-order valence-corrected chi connectivity index (χ1v) is 6.77. The van der Waals surface area contributed by atoms with Gasteiger partial charge < -0.3 is 14.6 Å². The van der Waals surface area contributed by atoms with Crippen LogP contribution < -0.4 is 5.32 Å². The average molecular weight is 271 g/mol. The Kier molecular flexibility index (Phi) is 5.24. The lowest BCUT2D eigenvalue weighted by Gasteiger charge is -2.22. The predicted octanol–water partition coefficient (Wildman–Crippen LogP) is 2.53. The molecule has 1 heterocycles. The highest BCUT2D eigenvalue weighted by molar-refractivity contribution is 5.79. The molecule has 4 heteroatoms. The second kappa shape index (κ2) is 7.38. The van der Waals surface area contributed by atoms with Crippen molar-refractivity contribution in [2.75, 3.05) is 20.6 Å². The van der Waals surface area contributed by atoms with E-state index in [4.69, 9.17) is 4.42 Å². The summed E-state index contributed by atoms with van der Waals surface area (Å²) in [5.41, 5.74) is 1.27. The van der Waals surface area contributed by atoms with Crippen LogP contribution in [0, 0.1) is 0 Å². The van der Waals surface area contributed by atoms with E-state index >= 15 is 0 Å². The second-order valence-corrected chi connectivity index (χ2v) is 4.65. The quantitative estimate of drug-likeness (QED) is 0.671. The molecular formula is C16H21N3O. The molecule has 2 aromatic rings. The minimum Gasteiger partial charge on any atom is -0.469 e. The Balaban J connectivity index is 1.82. The second-order valence-electron chi connectivity index (χ2n) is 4.65.